The van der Waals surface area contributed by atoms with Gasteiger partial charge in [0.05, 0.1) is 16.3 Å². The predicted molar refractivity (Wildman–Crippen MR) is 118 cm³/mol. The number of nitrogens with one attached hydrogen (secondary N) is 2. The third-order valence-electron chi connectivity index (χ3n) is 4.86. The summed E-state index contributed by atoms with van der Waals surface area (Å²) in [6.07, 6.45) is 0.878. The van der Waals surface area contributed by atoms with Crippen molar-refractivity contribution in [2.24, 2.45) is 0 Å². The highest BCUT2D eigenvalue weighted by Gasteiger charge is 2.13. The Kier molecular flexibility index (Phi) is 5.61. The van der Waals surface area contributed by atoms with Gasteiger partial charge in [0.2, 0.25) is 5.91 Å². The Morgan fingerprint density at radius 2 is 1.84 bits per heavy atom. The summed E-state index contributed by atoms with van der Waals surface area (Å²) in [5.41, 5.74) is 4.45. The molecule has 2 N–H and O–H groups in total. The number of amides is 1. The van der Waals surface area contributed by atoms with Gasteiger partial charge in [0.25, 0.3) is 5.69 Å². The Hall–Kier alpha value is -4.20. The molecule has 0 aliphatic rings. The molecule has 31 heavy (non-hydrogen) atoms. The number of benzene rings is 2. The molecule has 0 saturated carbocycles. The number of hydrogen-bond donors (Lipinski definition) is 2. The maximum absolute atomic E-state index is 12.5. The Labute approximate surface area is 178 Å². The summed E-state index contributed by atoms with van der Waals surface area (Å²) in [6, 6.07) is 21.8. The van der Waals surface area contributed by atoms with E-state index in [1.54, 1.807) is 22.9 Å². The zero-order valence-corrected chi connectivity index (χ0v) is 16.9. The molecule has 0 radical (unpaired) electrons. The fraction of sp³-hybridized carbons (Fsp3) is 0.130. The van der Waals surface area contributed by atoms with Crippen molar-refractivity contribution in [2.75, 3.05) is 5.32 Å². The highest BCUT2D eigenvalue weighted by molar-refractivity contribution is 5.90. The molecule has 0 bridgehead atoms. The second-order valence-electron chi connectivity index (χ2n) is 7.17. The molecule has 8 heteroatoms. The number of nitro groups is 1. The van der Waals surface area contributed by atoms with Crippen molar-refractivity contribution in [3.05, 3.63) is 94.3 Å². The molecule has 0 unspecified atom stereocenters. The van der Waals surface area contributed by atoms with Gasteiger partial charge in [-0.05, 0) is 43.2 Å². The average Bonchev–Trinajstić information content (AvgIpc) is 3.39. The van der Waals surface area contributed by atoms with Gasteiger partial charge in [0.1, 0.15) is 5.82 Å². The molecular weight excluding hydrogens is 394 g/mol. The number of non-ortho nitro benzene ring substituents is 1. The lowest BCUT2D eigenvalue weighted by molar-refractivity contribution is -0.384. The first-order valence-electron chi connectivity index (χ1n) is 9.84. The van der Waals surface area contributed by atoms with Crippen molar-refractivity contribution in [2.45, 2.75) is 19.8 Å². The minimum Gasteiger partial charge on any atom is -0.358 e. The second kappa shape index (κ2) is 8.66. The average molecular weight is 415 g/mol. The SMILES string of the molecule is Cc1cc(NC(=O)CCc2ccc(-c3ccccc3)[nH]2)n(-c2ccc([N+](=O)[O-])cc2)n1. The quantitative estimate of drug-likeness (QED) is 0.338. The second-order valence-corrected chi connectivity index (χ2v) is 7.17. The molecule has 156 valence electrons. The van der Waals surface area contributed by atoms with Crippen LogP contribution in [0.3, 0.4) is 0 Å². The van der Waals surface area contributed by atoms with E-state index in [-0.39, 0.29) is 11.6 Å². The van der Waals surface area contributed by atoms with Crippen LogP contribution in [0.4, 0.5) is 11.5 Å². The maximum atomic E-state index is 12.5. The van der Waals surface area contributed by atoms with Gasteiger partial charge in [-0.1, -0.05) is 30.3 Å². The zero-order chi connectivity index (χ0) is 21.8. The van der Waals surface area contributed by atoms with Crippen LogP contribution < -0.4 is 5.32 Å². The molecule has 2 heterocycles. The fourth-order valence-electron chi connectivity index (χ4n) is 3.33. The first-order chi connectivity index (χ1) is 15.0. The van der Waals surface area contributed by atoms with E-state index in [1.807, 2.05) is 49.4 Å². The summed E-state index contributed by atoms with van der Waals surface area (Å²) in [5, 5.41) is 18.1. The lowest BCUT2D eigenvalue weighted by atomic mass is 10.2. The molecule has 4 rings (SSSR count). The monoisotopic (exact) mass is 415 g/mol. The van der Waals surface area contributed by atoms with E-state index in [2.05, 4.69) is 15.4 Å². The summed E-state index contributed by atoms with van der Waals surface area (Å²) in [6.45, 7) is 1.82. The number of hydrogen-bond acceptors (Lipinski definition) is 4. The Morgan fingerprint density at radius 1 is 1.10 bits per heavy atom. The molecular formula is C23H21N5O3. The number of H-pyrrole nitrogens is 1. The van der Waals surface area contributed by atoms with E-state index in [0.29, 0.717) is 24.3 Å². The lowest BCUT2D eigenvalue weighted by Crippen LogP contribution is -2.15. The first kappa shape index (κ1) is 20.1. The number of rotatable bonds is 7. The van der Waals surface area contributed by atoms with Crippen LogP contribution >= 0.6 is 0 Å². The number of aryl methyl sites for hydroxylation is 2. The predicted octanol–water partition coefficient (Wildman–Crippen LogP) is 4.66. The van der Waals surface area contributed by atoms with Crippen LogP contribution in [0.15, 0.2) is 72.8 Å². The number of carbonyl (C=O) groups is 1. The van der Waals surface area contributed by atoms with Crippen LogP contribution in [0.2, 0.25) is 0 Å². The molecule has 0 spiro atoms. The van der Waals surface area contributed by atoms with E-state index in [4.69, 9.17) is 0 Å². The summed E-state index contributed by atoms with van der Waals surface area (Å²) in [4.78, 5) is 26.3. The van der Waals surface area contributed by atoms with Crippen molar-refractivity contribution in [1.82, 2.24) is 14.8 Å². The Morgan fingerprint density at radius 3 is 2.55 bits per heavy atom. The van der Waals surface area contributed by atoms with Crippen molar-refractivity contribution in [3.63, 3.8) is 0 Å². The molecule has 8 nitrogen and oxygen atoms in total. The van der Waals surface area contributed by atoms with E-state index in [0.717, 1.165) is 22.6 Å². The maximum Gasteiger partial charge on any atom is 0.269 e. The summed E-state index contributed by atoms with van der Waals surface area (Å²) in [7, 11) is 0. The molecule has 2 aromatic heterocycles. The van der Waals surface area contributed by atoms with Crippen molar-refractivity contribution >= 4 is 17.4 Å². The van der Waals surface area contributed by atoms with Crippen LogP contribution in [0.1, 0.15) is 17.8 Å². The number of aromatic nitrogens is 3. The van der Waals surface area contributed by atoms with Gasteiger partial charge in [0.15, 0.2) is 0 Å². The van der Waals surface area contributed by atoms with Gasteiger partial charge in [-0.15, -0.1) is 0 Å². The summed E-state index contributed by atoms with van der Waals surface area (Å²) in [5.74, 6) is 0.381. The van der Waals surface area contributed by atoms with Gasteiger partial charge in [-0.2, -0.15) is 5.10 Å². The minimum atomic E-state index is -0.454. The van der Waals surface area contributed by atoms with E-state index >= 15 is 0 Å². The number of nitro benzene ring substituents is 1. The zero-order valence-electron chi connectivity index (χ0n) is 16.9. The van der Waals surface area contributed by atoms with Gasteiger partial charge >= 0.3 is 0 Å². The third-order valence-corrected chi connectivity index (χ3v) is 4.86. The summed E-state index contributed by atoms with van der Waals surface area (Å²) < 4.78 is 1.57. The molecule has 4 aromatic rings. The third kappa shape index (κ3) is 4.69. The number of carbonyl (C=O) groups excluding carboxylic acids is 1. The highest BCUT2D eigenvalue weighted by atomic mass is 16.6. The fourth-order valence-corrected chi connectivity index (χ4v) is 3.33. The van der Waals surface area contributed by atoms with E-state index < -0.39 is 4.92 Å². The first-order valence-corrected chi connectivity index (χ1v) is 9.84. The van der Waals surface area contributed by atoms with Crippen LogP contribution in [0, 0.1) is 17.0 Å². The largest absolute Gasteiger partial charge is 0.358 e. The highest BCUT2D eigenvalue weighted by Crippen LogP contribution is 2.21. The van der Waals surface area contributed by atoms with Crippen LogP contribution in [-0.2, 0) is 11.2 Å². The van der Waals surface area contributed by atoms with E-state index in [1.165, 1.54) is 12.1 Å². The normalized spacial score (nSPS) is 10.7. The van der Waals surface area contributed by atoms with Gasteiger partial charge in [-0.3, -0.25) is 14.9 Å². The molecule has 0 saturated heterocycles. The molecule has 0 fully saturated rings. The van der Waals surface area contributed by atoms with Crippen LogP contribution in [0.5, 0.6) is 0 Å². The lowest BCUT2D eigenvalue weighted by Gasteiger charge is -2.09. The Bertz CT molecular complexity index is 1210. The van der Waals surface area contributed by atoms with Crippen molar-refractivity contribution in [1.29, 1.82) is 0 Å². The van der Waals surface area contributed by atoms with Crippen molar-refractivity contribution < 1.29 is 9.72 Å². The van der Waals surface area contributed by atoms with Crippen molar-refractivity contribution in [3.8, 4) is 16.9 Å². The minimum absolute atomic E-state index is 0.000895. The van der Waals surface area contributed by atoms with E-state index in [9.17, 15) is 14.9 Å². The van der Waals surface area contributed by atoms with Crippen LogP contribution in [0.25, 0.3) is 16.9 Å². The molecule has 2 aromatic carbocycles. The number of aromatic amines is 1. The standard InChI is InChI=1S/C23H21N5O3/c1-16-15-22(27(26-16)19-9-11-20(12-10-19)28(30)31)25-23(29)14-8-18-7-13-21(24-18)17-5-3-2-4-6-17/h2-7,9-13,15,24H,8,14H2,1H3,(H,25,29). The molecule has 1 amide bonds. The smallest absolute Gasteiger partial charge is 0.269 e. The van der Waals surface area contributed by atoms with Crippen LogP contribution in [-0.4, -0.2) is 25.6 Å². The molecule has 0 aliphatic carbocycles. The van der Waals surface area contributed by atoms with Gasteiger partial charge in [0, 0.05) is 36.0 Å². The number of anilines is 1. The van der Waals surface area contributed by atoms with Gasteiger partial charge < -0.3 is 10.3 Å². The Balaban J connectivity index is 1.41. The summed E-state index contributed by atoms with van der Waals surface area (Å²) >= 11 is 0. The van der Waals surface area contributed by atoms with Gasteiger partial charge in [-0.25, -0.2) is 4.68 Å². The molecule has 0 aliphatic heterocycles. The number of nitrogens with zero attached hydrogens (tertiary/aromatic N) is 3. The topological polar surface area (TPSA) is 106 Å². The molecule has 0 atom stereocenters.